The van der Waals surface area contributed by atoms with Gasteiger partial charge in [0, 0.05) is 17.6 Å². The number of morpholine rings is 1. The van der Waals surface area contributed by atoms with Crippen molar-refractivity contribution in [2.24, 2.45) is 0 Å². The standard InChI is InChI=1S/C11H16N2O3S/c1-8-7-17-10(12-8)5-13-3-4-16-6-9(13)11(14)15-2/h7,9H,3-6H2,1-2H3. The first-order valence-corrected chi connectivity index (χ1v) is 6.39. The highest BCUT2D eigenvalue weighted by Crippen LogP contribution is 2.16. The van der Waals surface area contributed by atoms with E-state index in [2.05, 4.69) is 9.88 Å². The third kappa shape index (κ3) is 3.02. The lowest BCUT2D eigenvalue weighted by Gasteiger charge is -2.32. The Kier molecular flexibility index (Phi) is 4.09. The SMILES string of the molecule is COC(=O)C1COCCN1Cc1nc(C)cs1. The number of thiazole rings is 1. The van der Waals surface area contributed by atoms with Crippen LogP contribution in [0.4, 0.5) is 0 Å². The number of carbonyl (C=O) groups excluding carboxylic acids is 1. The van der Waals surface area contributed by atoms with E-state index in [1.807, 2.05) is 12.3 Å². The Balaban J connectivity index is 2.03. The number of aromatic nitrogens is 1. The van der Waals surface area contributed by atoms with Crippen LogP contribution in [0.5, 0.6) is 0 Å². The van der Waals surface area contributed by atoms with E-state index < -0.39 is 0 Å². The maximum absolute atomic E-state index is 11.6. The number of hydrogen-bond acceptors (Lipinski definition) is 6. The van der Waals surface area contributed by atoms with Crippen LogP contribution >= 0.6 is 11.3 Å². The van der Waals surface area contributed by atoms with Crippen molar-refractivity contribution >= 4 is 17.3 Å². The average molecular weight is 256 g/mol. The summed E-state index contributed by atoms with van der Waals surface area (Å²) in [5, 5.41) is 3.04. The largest absolute Gasteiger partial charge is 0.468 e. The van der Waals surface area contributed by atoms with Crippen LogP contribution in [0.2, 0.25) is 0 Å². The minimum absolute atomic E-state index is 0.238. The highest BCUT2D eigenvalue weighted by molar-refractivity contribution is 7.09. The summed E-state index contributed by atoms with van der Waals surface area (Å²) in [6.45, 7) is 4.44. The zero-order chi connectivity index (χ0) is 12.3. The molecule has 17 heavy (non-hydrogen) atoms. The van der Waals surface area contributed by atoms with Gasteiger partial charge in [0.25, 0.3) is 0 Å². The molecular formula is C11H16N2O3S. The van der Waals surface area contributed by atoms with E-state index in [1.165, 1.54) is 7.11 Å². The van der Waals surface area contributed by atoms with Crippen molar-refractivity contribution in [3.8, 4) is 0 Å². The predicted octanol–water partition coefficient (Wildman–Crippen LogP) is 0.825. The molecule has 1 aromatic heterocycles. The van der Waals surface area contributed by atoms with Gasteiger partial charge in [-0.15, -0.1) is 11.3 Å². The number of nitrogens with zero attached hydrogens (tertiary/aromatic N) is 2. The molecule has 1 aromatic rings. The molecule has 0 saturated carbocycles. The van der Waals surface area contributed by atoms with Gasteiger partial charge in [0.15, 0.2) is 0 Å². The fourth-order valence-corrected chi connectivity index (χ4v) is 2.63. The van der Waals surface area contributed by atoms with Gasteiger partial charge in [-0.2, -0.15) is 0 Å². The van der Waals surface area contributed by atoms with Crippen molar-refractivity contribution in [1.29, 1.82) is 0 Å². The molecule has 0 N–H and O–H groups in total. The second-order valence-electron chi connectivity index (χ2n) is 3.97. The average Bonchev–Trinajstić information content (AvgIpc) is 2.74. The molecule has 2 rings (SSSR count). The second kappa shape index (κ2) is 5.57. The normalized spacial score (nSPS) is 21.4. The Morgan fingerprint density at radius 2 is 2.59 bits per heavy atom. The highest BCUT2D eigenvalue weighted by Gasteiger charge is 2.30. The Morgan fingerprint density at radius 1 is 1.76 bits per heavy atom. The van der Waals surface area contributed by atoms with Gasteiger partial charge in [-0.3, -0.25) is 9.69 Å². The van der Waals surface area contributed by atoms with Gasteiger partial charge in [-0.1, -0.05) is 0 Å². The van der Waals surface area contributed by atoms with E-state index in [9.17, 15) is 4.79 Å². The molecule has 1 aliphatic heterocycles. The summed E-state index contributed by atoms with van der Waals surface area (Å²) in [4.78, 5) is 18.1. The molecule has 0 spiro atoms. The molecule has 2 heterocycles. The molecule has 0 bridgehead atoms. The second-order valence-corrected chi connectivity index (χ2v) is 4.91. The molecule has 0 aliphatic carbocycles. The number of esters is 1. The maximum atomic E-state index is 11.6. The number of hydrogen-bond donors (Lipinski definition) is 0. The Hall–Kier alpha value is -0.980. The molecule has 94 valence electrons. The van der Waals surface area contributed by atoms with Gasteiger partial charge in [0.1, 0.15) is 11.0 Å². The van der Waals surface area contributed by atoms with Gasteiger partial charge in [-0.05, 0) is 6.92 Å². The molecular weight excluding hydrogens is 240 g/mol. The first-order chi connectivity index (χ1) is 8.20. The van der Waals surface area contributed by atoms with E-state index in [0.717, 1.165) is 17.2 Å². The van der Waals surface area contributed by atoms with Crippen LogP contribution in [0, 0.1) is 6.92 Å². The van der Waals surface area contributed by atoms with Gasteiger partial charge in [0.2, 0.25) is 0 Å². The third-order valence-electron chi connectivity index (χ3n) is 2.72. The smallest absolute Gasteiger partial charge is 0.325 e. The fourth-order valence-electron chi connectivity index (χ4n) is 1.83. The number of rotatable bonds is 3. The van der Waals surface area contributed by atoms with Crippen LogP contribution in [-0.2, 0) is 20.8 Å². The summed E-state index contributed by atoms with van der Waals surface area (Å²) in [5.74, 6) is -0.238. The summed E-state index contributed by atoms with van der Waals surface area (Å²) in [6, 6.07) is -0.307. The minimum Gasteiger partial charge on any atom is -0.468 e. The van der Waals surface area contributed by atoms with Crippen molar-refractivity contribution in [3.63, 3.8) is 0 Å². The molecule has 1 unspecified atom stereocenters. The van der Waals surface area contributed by atoms with Crippen LogP contribution in [0.25, 0.3) is 0 Å². The lowest BCUT2D eigenvalue weighted by molar-refractivity contribution is -0.153. The Labute approximate surface area is 104 Å². The van der Waals surface area contributed by atoms with Gasteiger partial charge in [-0.25, -0.2) is 4.98 Å². The summed E-state index contributed by atoms with van der Waals surface area (Å²) in [6.07, 6.45) is 0. The van der Waals surface area contributed by atoms with Crippen LogP contribution < -0.4 is 0 Å². The quantitative estimate of drug-likeness (QED) is 0.750. The molecule has 1 atom stereocenters. The zero-order valence-electron chi connectivity index (χ0n) is 10.0. The van der Waals surface area contributed by atoms with Gasteiger partial charge in [0.05, 0.1) is 26.9 Å². The van der Waals surface area contributed by atoms with Gasteiger partial charge < -0.3 is 9.47 Å². The van der Waals surface area contributed by atoms with Crippen LogP contribution in [0.3, 0.4) is 0 Å². The maximum Gasteiger partial charge on any atom is 0.325 e. The first-order valence-electron chi connectivity index (χ1n) is 5.51. The highest BCUT2D eigenvalue weighted by atomic mass is 32.1. The van der Waals surface area contributed by atoms with Crippen LogP contribution in [-0.4, -0.2) is 48.8 Å². The predicted molar refractivity (Wildman–Crippen MR) is 63.9 cm³/mol. The lowest BCUT2D eigenvalue weighted by Crippen LogP contribution is -2.49. The monoisotopic (exact) mass is 256 g/mol. The van der Waals surface area contributed by atoms with E-state index in [1.54, 1.807) is 11.3 Å². The van der Waals surface area contributed by atoms with Crippen LogP contribution in [0.15, 0.2) is 5.38 Å². The topological polar surface area (TPSA) is 51.7 Å². The zero-order valence-corrected chi connectivity index (χ0v) is 10.8. The first kappa shape index (κ1) is 12.5. The van der Waals surface area contributed by atoms with Crippen molar-refractivity contribution in [2.75, 3.05) is 26.9 Å². The fraction of sp³-hybridized carbons (Fsp3) is 0.636. The van der Waals surface area contributed by atoms with E-state index >= 15 is 0 Å². The summed E-state index contributed by atoms with van der Waals surface area (Å²) in [5.41, 5.74) is 1.02. The molecule has 1 aliphatic rings. The van der Waals surface area contributed by atoms with Crippen molar-refractivity contribution in [1.82, 2.24) is 9.88 Å². The van der Waals surface area contributed by atoms with E-state index in [-0.39, 0.29) is 12.0 Å². The molecule has 5 nitrogen and oxygen atoms in total. The van der Waals surface area contributed by atoms with E-state index in [4.69, 9.17) is 9.47 Å². The molecule has 0 amide bonds. The summed E-state index contributed by atoms with van der Waals surface area (Å²) < 4.78 is 10.1. The Morgan fingerprint density at radius 3 is 3.24 bits per heavy atom. The number of ether oxygens (including phenoxy) is 2. The van der Waals surface area contributed by atoms with Crippen molar-refractivity contribution in [3.05, 3.63) is 16.1 Å². The molecule has 0 radical (unpaired) electrons. The van der Waals surface area contributed by atoms with E-state index in [0.29, 0.717) is 19.8 Å². The molecule has 0 aromatic carbocycles. The summed E-state index contributed by atoms with van der Waals surface area (Å²) >= 11 is 1.62. The minimum atomic E-state index is -0.307. The number of methoxy groups -OCH3 is 1. The molecule has 1 fully saturated rings. The lowest BCUT2D eigenvalue weighted by atomic mass is 10.2. The Bertz CT molecular complexity index is 394. The number of aryl methyl sites for hydroxylation is 1. The van der Waals surface area contributed by atoms with Crippen LogP contribution in [0.1, 0.15) is 10.7 Å². The number of carbonyl (C=O) groups is 1. The molecule has 6 heteroatoms. The van der Waals surface area contributed by atoms with Crippen molar-refractivity contribution in [2.45, 2.75) is 19.5 Å². The van der Waals surface area contributed by atoms with Crippen molar-refractivity contribution < 1.29 is 14.3 Å². The molecule has 1 saturated heterocycles. The third-order valence-corrected chi connectivity index (χ3v) is 3.67. The van der Waals surface area contributed by atoms with Gasteiger partial charge >= 0.3 is 5.97 Å². The summed E-state index contributed by atoms with van der Waals surface area (Å²) in [7, 11) is 1.41.